The Kier molecular flexibility index (Phi) is 4.88. The quantitative estimate of drug-likeness (QED) is 0.760. The van der Waals surface area contributed by atoms with Crippen LogP contribution in [0, 0.1) is 13.8 Å². The number of hydrogen-bond donors (Lipinski definition) is 1. The van der Waals surface area contributed by atoms with Crippen molar-refractivity contribution in [2.24, 2.45) is 0 Å². The van der Waals surface area contributed by atoms with Crippen LogP contribution in [0.2, 0.25) is 10.0 Å². The minimum absolute atomic E-state index is 0.163. The topological polar surface area (TPSA) is 46.2 Å². The fraction of sp³-hybridized carbons (Fsp3) is 0.143. The van der Waals surface area contributed by atoms with E-state index in [2.05, 4.69) is 20.7 Å². The van der Waals surface area contributed by atoms with Gasteiger partial charge in [0.25, 0.3) is 10.0 Å². The fourth-order valence-electron chi connectivity index (χ4n) is 1.71. The minimum Gasteiger partial charge on any atom is -0.278 e. The molecule has 2 aromatic carbocycles. The summed E-state index contributed by atoms with van der Waals surface area (Å²) in [5.74, 6) is 0. The predicted octanol–water partition coefficient (Wildman–Crippen LogP) is 5.17. The second kappa shape index (κ2) is 6.16. The van der Waals surface area contributed by atoms with Crippen LogP contribution in [0.25, 0.3) is 0 Å². The van der Waals surface area contributed by atoms with Gasteiger partial charge in [-0.15, -0.1) is 0 Å². The lowest BCUT2D eigenvalue weighted by Gasteiger charge is -2.12. The monoisotopic (exact) mass is 407 g/mol. The van der Waals surface area contributed by atoms with Crippen LogP contribution in [0.4, 0.5) is 5.69 Å². The van der Waals surface area contributed by atoms with Gasteiger partial charge in [-0.2, -0.15) is 0 Å². The summed E-state index contributed by atoms with van der Waals surface area (Å²) < 4.78 is 28.1. The maximum atomic E-state index is 12.4. The number of anilines is 1. The van der Waals surface area contributed by atoms with E-state index in [0.717, 1.165) is 15.6 Å². The SMILES string of the molecule is Cc1cc(Cl)c(NS(=O)(=O)c2ccc(Br)c(C)c2)cc1Cl. The molecule has 3 nitrogen and oxygen atoms in total. The second-order valence-corrected chi connectivity index (χ2v) is 7.95. The molecule has 0 aliphatic rings. The van der Waals surface area contributed by atoms with Crippen LogP contribution in [0.15, 0.2) is 39.7 Å². The van der Waals surface area contributed by atoms with Crippen LogP contribution in [-0.4, -0.2) is 8.42 Å². The van der Waals surface area contributed by atoms with E-state index in [9.17, 15) is 8.42 Å². The maximum absolute atomic E-state index is 12.4. The normalized spacial score (nSPS) is 11.5. The highest BCUT2D eigenvalue weighted by atomic mass is 79.9. The van der Waals surface area contributed by atoms with E-state index >= 15 is 0 Å². The molecule has 0 bridgehead atoms. The van der Waals surface area contributed by atoms with Crippen molar-refractivity contribution in [3.05, 3.63) is 56.0 Å². The third-order valence-corrected chi connectivity index (χ3v) is 5.91. The van der Waals surface area contributed by atoms with Gasteiger partial charge >= 0.3 is 0 Å². The second-order valence-electron chi connectivity index (χ2n) is 4.60. The Morgan fingerprint density at radius 1 is 1.00 bits per heavy atom. The lowest BCUT2D eigenvalue weighted by Crippen LogP contribution is -2.13. The molecule has 0 aromatic heterocycles. The van der Waals surface area contributed by atoms with Gasteiger partial charge in [-0.3, -0.25) is 4.72 Å². The van der Waals surface area contributed by atoms with Crippen molar-refractivity contribution in [3.8, 4) is 0 Å². The highest BCUT2D eigenvalue weighted by Crippen LogP contribution is 2.31. The van der Waals surface area contributed by atoms with Gasteiger partial charge < -0.3 is 0 Å². The molecule has 0 spiro atoms. The van der Waals surface area contributed by atoms with Crippen molar-refractivity contribution in [2.75, 3.05) is 4.72 Å². The molecule has 0 amide bonds. The van der Waals surface area contributed by atoms with Crippen LogP contribution < -0.4 is 4.72 Å². The van der Waals surface area contributed by atoms with E-state index in [1.54, 1.807) is 25.1 Å². The number of aryl methyl sites for hydroxylation is 2. The molecule has 2 rings (SSSR count). The Morgan fingerprint density at radius 2 is 1.67 bits per heavy atom. The Morgan fingerprint density at radius 3 is 2.29 bits per heavy atom. The standard InChI is InChI=1S/C14H12BrCl2NO2S/c1-8-5-10(3-4-11(8)15)21(19,20)18-14-7-12(16)9(2)6-13(14)17/h3-7,18H,1-2H3. The van der Waals surface area contributed by atoms with Crippen LogP contribution in [-0.2, 0) is 10.0 Å². The van der Waals surface area contributed by atoms with Gasteiger partial charge in [0.05, 0.1) is 15.6 Å². The lowest BCUT2D eigenvalue weighted by molar-refractivity contribution is 0.601. The number of rotatable bonds is 3. The zero-order valence-electron chi connectivity index (χ0n) is 11.2. The van der Waals surface area contributed by atoms with Crippen molar-refractivity contribution in [3.63, 3.8) is 0 Å². The summed E-state index contributed by atoms with van der Waals surface area (Å²) in [5, 5.41) is 0.749. The Labute approximate surface area is 142 Å². The van der Waals surface area contributed by atoms with Gasteiger partial charge in [-0.05, 0) is 55.3 Å². The molecule has 0 unspecified atom stereocenters. The molecule has 1 N–H and O–H groups in total. The van der Waals surface area contributed by atoms with E-state index in [-0.39, 0.29) is 10.6 Å². The molecule has 0 saturated carbocycles. The van der Waals surface area contributed by atoms with Crippen LogP contribution in [0.3, 0.4) is 0 Å². The summed E-state index contributed by atoms with van der Waals surface area (Å²) in [6, 6.07) is 7.91. The van der Waals surface area contributed by atoms with Crippen LogP contribution >= 0.6 is 39.1 Å². The Balaban J connectivity index is 2.42. The van der Waals surface area contributed by atoms with Crippen molar-refractivity contribution in [2.45, 2.75) is 18.7 Å². The molecule has 2 aromatic rings. The first-order valence-electron chi connectivity index (χ1n) is 5.95. The Hall–Kier alpha value is -0.750. The van der Waals surface area contributed by atoms with E-state index < -0.39 is 10.0 Å². The van der Waals surface area contributed by atoms with E-state index in [4.69, 9.17) is 23.2 Å². The number of halogens is 3. The molecule has 7 heteroatoms. The largest absolute Gasteiger partial charge is 0.278 e. The predicted molar refractivity (Wildman–Crippen MR) is 90.9 cm³/mol. The molecule has 0 fully saturated rings. The average molecular weight is 409 g/mol. The zero-order chi connectivity index (χ0) is 15.8. The fourth-order valence-corrected chi connectivity index (χ4v) is 3.60. The molecule has 0 saturated heterocycles. The smallest absolute Gasteiger partial charge is 0.261 e. The first-order valence-corrected chi connectivity index (χ1v) is 8.98. The average Bonchev–Trinajstić information content (AvgIpc) is 2.39. The molecule has 0 aliphatic heterocycles. The number of nitrogens with one attached hydrogen (secondary N) is 1. The third kappa shape index (κ3) is 3.72. The zero-order valence-corrected chi connectivity index (χ0v) is 15.2. The first-order chi connectivity index (χ1) is 9.70. The van der Waals surface area contributed by atoms with Gasteiger partial charge in [0, 0.05) is 9.50 Å². The molecular formula is C14H12BrCl2NO2S. The minimum atomic E-state index is -3.72. The summed E-state index contributed by atoms with van der Waals surface area (Å²) in [6.45, 7) is 3.61. The van der Waals surface area contributed by atoms with Crippen molar-refractivity contribution >= 4 is 54.8 Å². The Bertz CT molecular complexity index is 807. The molecule has 0 heterocycles. The third-order valence-electron chi connectivity index (χ3n) is 2.93. The first kappa shape index (κ1) is 16.6. The number of benzene rings is 2. The highest BCUT2D eigenvalue weighted by Gasteiger charge is 2.17. The highest BCUT2D eigenvalue weighted by molar-refractivity contribution is 9.10. The molecule has 112 valence electrons. The molecular weight excluding hydrogens is 397 g/mol. The van der Waals surface area contributed by atoms with Crippen molar-refractivity contribution in [1.82, 2.24) is 0 Å². The van der Waals surface area contributed by atoms with Crippen LogP contribution in [0.1, 0.15) is 11.1 Å². The molecule has 21 heavy (non-hydrogen) atoms. The lowest BCUT2D eigenvalue weighted by atomic mass is 10.2. The van der Waals surface area contributed by atoms with Gasteiger partial charge in [-0.25, -0.2) is 8.42 Å². The van der Waals surface area contributed by atoms with Crippen molar-refractivity contribution < 1.29 is 8.42 Å². The summed E-state index contributed by atoms with van der Waals surface area (Å²) in [4.78, 5) is 0.163. The molecule has 0 atom stereocenters. The van der Waals surface area contributed by atoms with E-state index in [1.165, 1.54) is 12.1 Å². The summed E-state index contributed by atoms with van der Waals surface area (Å²) in [5.41, 5.74) is 1.86. The summed E-state index contributed by atoms with van der Waals surface area (Å²) in [7, 11) is -3.72. The van der Waals surface area contributed by atoms with Crippen molar-refractivity contribution in [1.29, 1.82) is 0 Å². The summed E-state index contributed by atoms with van der Waals surface area (Å²) >= 11 is 15.4. The molecule has 0 aliphatic carbocycles. The van der Waals surface area contributed by atoms with Gasteiger partial charge in [0.15, 0.2) is 0 Å². The summed E-state index contributed by atoms with van der Waals surface area (Å²) in [6.07, 6.45) is 0. The van der Waals surface area contributed by atoms with Gasteiger partial charge in [0.1, 0.15) is 0 Å². The van der Waals surface area contributed by atoms with E-state index in [1.807, 2.05) is 6.92 Å². The van der Waals surface area contributed by atoms with Gasteiger partial charge in [-0.1, -0.05) is 39.1 Å². The number of sulfonamides is 1. The van der Waals surface area contributed by atoms with Crippen LogP contribution in [0.5, 0.6) is 0 Å². The maximum Gasteiger partial charge on any atom is 0.261 e. The number of hydrogen-bond acceptors (Lipinski definition) is 2. The molecule has 0 radical (unpaired) electrons. The van der Waals surface area contributed by atoms with E-state index in [0.29, 0.717) is 10.0 Å². The van der Waals surface area contributed by atoms with Gasteiger partial charge in [0.2, 0.25) is 0 Å².